The zero-order chi connectivity index (χ0) is 25.1. The molecule has 0 aliphatic carbocycles. The van der Waals surface area contributed by atoms with Gasteiger partial charge >= 0.3 is 0 Å². The Morgan fingerprint density at radius 3 is 2.83 bits per heavy atom. The highest BCUT2D eigenvalue weighted by Gasteiger charge is 2.19. The lowest BCUT2D eigenvalue weighted by Gasteiger charge is -2.15. The molecule has 4 heterocycles. The van der Waals surface area contributed by atoms with Crippen LogP contribution in [0, 0.1) is 6.92 Å². The molecular formula is C26H27ClN6O3. The summed E-state index contributed by atoms with van der Waals surface area (Å²) in [5.41, 5.74) is 3.89. The van der Waals surface area contributed by atoms with Crippen molar-refractivity contribution in [1.82, 2.24) is 24.5 Å². The van der Waals surface area contributed by atoms with E-state index < -0.39 is 0 Å². The van der Waals surface area contributed by atoms with Crippen LogP contribution in [0.25, 0.3) is 33.4 Å². The summed E-state index contributed by atoms with van der Waals surface area (Å²) in [6.45, 7) is 4.20. The number of nitrogens with one attached hydrogen (secondary N) is 1. The van der Waals surface area contributed by atoms with Gasteiger partial charge in [-0.1, -0.05) is 23.7 Å². The van der Waals surface area contributed by atoms with Gasteiger partial charge in [0.1, 0.15) is 5.65 Å². The molecule has 0 spiro atoms. The topological polar surface area (TPSA) is 104 Å². The van der Waals surface area contributed by atoms with E-state index >= 15 is 0 Å². The largest absolute Gasteiger partial charge is 0.385 e. The van der Waals surface area contributed by atoms with Crippen molar-refractivity contribution in [1.29, 1.82) is 0 Å². The number of methoxy groups -OCH3 is 1. The maximum Gasteiger partial charge on any atom is 0.260 e. The summed E-state index contributed by atoms with van der Waals surface area (Å²) in [4.78, 5) is 31.6. The summed E-state index contributed by atoms with van der Waals surface area (Å²) in [5, 5.41) is 4.51. The second kappa shape index (κ2) is 10.7. The fourth-order valence-electron chi connectivity index (χ4n) is 4.32. The number of aryl methyl sites for hydroxylation is 2. The number of hydrogen-bond donors (Lipinski definition) is 1. The molecule has 10 heteroatoms. The summed E-state index contributed by atoms with van der Waals surface area (Å²) >= 11 is 6.71. The molecule has 0 saturated carbocycles. The highest BCUT2D eigenvalue weighted by Crippen LogP contribution is 2.31. The first-order valence-electron chi connectivity index (χ1n) is 11.9. The molecule has 1 N–H and O–H groups in total. The van der Waals surface area contributed by atoms with Gasteiger partial charge in [0.15, 0.2) is 0 Å². The van der Waals surface area contributed by atoms with Crippen molar-refractivity contribution < 1.29 is 9.47 Å². The molecule has 5 rings (SSSR count). The van der Waals surface area contributed by atoms with E-state index in [2.05, 4.69) is 20.3 Å². The third-order valence-corrected chi connectivity index (χ3v) is 6.44. The number of hydrogen-bond acceptors (Lipinski definition) is 8. The van der Waals surface area contributed by atoms with Crippen LogP contribution in [-0.4, -0.2) is 57.5 Å². The minimum absolute atomic E-state index is 0.158. The van der Waals surface area contributed by atoms with Crippen LogP contribution in [0.1, 0.15) is 18.5 Å². The van der Waals surface area contributed by atoms with Crippen molar-refractivity contribution in [3.05, 3.63) is 63.9 Å². The van der Waals surface area contributed by atoms with Crippen molar-refractivity contribution in [3.63, 3.8) is 0 Å². The summed E-state index contributed by atoms with van der Waals surface area (Å²) < 4.78 is 12.3. The van der Waals surface area contributed by atoms with Crippen molar-refractivity contribution in [2.75, 3.05) is 32.2 Å². The third kappa shape index (κ3) is 5.09. The van der Waals surface area contributed by atoms with Crippen LogP contribution in [-0.2, 0) is 16.0 Å². The number of nitrogens with zero attached hydrogens (tertiary/aromatic N) is 5. The Balaban J connectivity index is 1.57. The number of rotatable bonds is 8. The minimum Gasteiger partial charge on any atom is -0.385 e. The van der Waals surface area contributed by atoms with Gasteiger partial charge in [-0.25, -0.2) is 9.97 Å². The Bertz CT molecular complexity index is 1450. The number of ether oxygens (including phenoxy) is 2. The second-order valence-corrected chi connectivity index (χ2v) is 9.19. The molecule has 4 aromatic rings. The van der Waals surface area contributed by atoms with Crippen LogP contribution in [0.2, 0.25) is 5.02 Å². The Kier molecular flexibility index (Phi) is 7.22. The van der Waals surface area contributed by atoms with E-state index in [0.29, 0.717) is 60.5 Å². The molecule has 186 valence electrons. The van der Waals surface area contributed by atoms with E-state index in [1.165, 1.54) is 0 Å². The van der Waals surface area contributed by atoms with Gasteiger partial charge in [0.25, 0.3) is 5.56 Å². The fourth-order valence-corrected chi connectivity index (χ4v) is 4.60. The summed E-state index contributed by atoms with van der Waals surface area (Å²) in [5.74, 6) is 0.479. The van der Waals surface area contributed by atoms with Crippen LogP contribution in [0.5, 0.6) is 0 Å². The Morgan fingerprint density at radius 2 is 2.08 bits per heavy atom. The van der Waals surface area contributed by atoms with Crippen molar-refractivity contribution >= 4 is 28.6 Å². The number of fused-ring (bicyclic) bond motifs is 1. The highest BCUT2D eigenvalue weighted by atomic mass is 35.5. The van der Waals surface area contributed by atoms with Crippen molar-refractivity contribution in [3.8, 4) is 22.4 Å². The average Bonchev–Trinajstić information content (AvgIpc) is 3.38. The molecule has 0 bridgehead atoms. The van der Waals surface area contributed by atoms with Gasteiger partial charge in [0.2, 0.25) is 5.95 Å². The minimum atomic E-state index is -0.169. The lowest BCUT2D eigenvalue weighted by Crippen LogP contribution is -2.25. The molecule has 0 amide bonds. The first-order valence-corrected chi connectivity index (χ1v) is 12.2. The normalized spacial score (nSPS) is 15.5. The van der Waals surface area contributed by atoms with Gasteiger partial charge < -0.3 is 14.8 Å². The molecule has 1 unspecified atom stereocenters. The molecule has 3 aromatic heterocycles. The van der Waals surface area contributed by atoms with E-state index in [1.807, 2.05) is 25.1 Å². The highest BCUT2D eigenvalue weighted by molar-refractivity contribution is 6.33. The van der Waals surface area contributed by atoms with Crippen LogP contribution < -0.4 is 10.9 Å². The predicted molar refractivity (Wildman–Crippen MR) is 139 cm³/mol. The van der Waals surface area contributed by atoms with Crippen LogP contribution >= 0.6 is 11.6 Å². The third-order valence-electron chi connectivity index (χ3n) is 6.13. The predicted octanol–water partition coefficient (Wildman–Crippen LogP) is 4.11. The number of halogens is 1. The molecule has 1 aliphatic rings. The molecule has 9 nitrogen and oxygen atoms in total. The maximum atomic E-state index is 13.7. The molecule has 1 fully saturated rings. The van der Waals surface area contributed by atoms with Crippen LogP contribution in [0.4, 0.5) is 5.95 Å². The van der Waals surface area contributed by atoms with Gasteiger partial charge in [-0.15, -0.1) is 0 Å². The molecule has 1 aromatic carbocycles. The molecule has 1 aliphatic heterocycles. The summed E-state index contributed by atoms with van der Waals surface area (Å²) in [7, 11) is 1.64. The number of pyridine rings is 1. The first kappa shape index (κ1) is 24.3. The monoisotopic (exact) mass is 506 g/mol. The SMILES string of the molecule is COCCCn1c(=O)c(-c2ccc(-c3cncc(C)n3)cc2Cl)cc2cnc(NC3CCOC3)nc21. The molecule has 1 saturated heterocycles. The van der Waals surface area contributed by atoms with Gasteiger partial charge in [-0.3, -0.25) is 14.3 Å². The van der Waals surface area contributed by atoms with Crippen molar-refractivity contribution in [2.24, 2.45) is 0 Å². The number of anilines is 1. The summed E-state index contributed by atoms with van der Waals surface area (Å²) in [6.07, 6.45) is 6.68. The molecule has 36 heavy (non-hydrogen) atoms. The van der Waals surface area contributed by atoms with E-state index in [1.54, 1.807) is 36.3 Å². The maximum absolute atomic E-state index is 13.7. The smallest absolute Gasteiger partial charge is 0.260 e. The average molecular weight is 507 g/mol. The molecule has 1 atom stereocenters. The van der Waals surface area contributed by atoms with Crippen molar-refractivity contribution in [2.45, 2.75) is 32.4 Å². The van der Waals surface area contributed by atoms with Gasteiger partial charge in [0, 0.05) is 66.4 Å². The molecular weight excluding hydrogens is 480 g/mol. The van der Waals surface area contributed by atoms with Gasteiger partial charge in [-0.2, -0.15) is 4.98 Å². The second-order valence-electron chi connectivity index (χ2n) is 8.78. The van der Waals surface area contributed by atoms with E-state index in [4.69, 9.17) is 26.1 Å². The lowest BCUT2D eigenvalue weighted by molar-refractivity contribution is 0.190. The number of benzene rings is 1. The Labute approximate surface area is 213 Å². The standard InChI is InChI=1S/C26H27ClN6O3/c1-16-12-28-14-23(30-16)17-4-5-20(22(27)11-17)21-10-18-13-29-26(31-19-6-9-36-15-19)32-24(18)33(25(21)34)7-3-8-35-2/h4-5,10-14,19H,3,6-9,15H2,1-2H3,(H,29,31,32). The van der Waals surface area contributed by atoms with Crippen LogP contribution in [0.15, 0.2) is 47.7 Å². The molecule has 0 radical (unpaired) electrons. The van der Waals surface area contributed by atoms with Gasteiger partial charge in [0.05, 0.1) is 30.2 Å². The van der Waals surface area contributed by atoms with E-state index in [9.17, 15) is 4.79 Å². The van der Waals surface area contributed by atoms with E-state index in [-0.39, 0.29) is 11.6 Å². The lowest BCUT2D eigenvalue weighted by atomic mass is 10.0. The van der Waals surface area contributed by atoms with Gasteiger partial charge in [-0.05, 0) is 31.9 Å². The zero-order valence-electron chi connectivity index (χ0n) is 20.2. The van der Waals surface area contributed by atoms with Crippen LogP contribution in [0.3, 0.4) is 0 Å². The quantitative estimate of drug-likeness (QED) is 0.356. The fraction of sp³-hybridized carbons (Fsp3) is 0.346. The van der Waals surface area contributed by atoms with E-state index in [0.717, 1.165) is 28.8 Å². The zero-order valence-corrected chi connectivity index (χ0v) is 21.0. The number of aromatic nitrogens is 5. The Hall–Kier alpha value is -3.40. The first-order chi connectivity index (χ1) is 17.5. The summed E-state index contributed by atoms with van der Waals surface area (Å²) in [6, 6.07) is 7.52. The Morgan fingerprint density at radius 1 is 1.19 bits per heavy atom.